The molecule has 3 nitrogen and oxygen atoms in total. The average Bonchev–Trinajstić information content (AvgIpc) is 3.03. The van der Waals surface area contributed by atoms with E-state index in [2.05, 4.69) is 10.3 Å². The van der Waals surface area contributed by atoms with Gasteiger partial charge < -0.3 is 9.88 Å². The molecule has 1 heterocycles. The molecule has 0 unspecified atom stereocenters. The van der Waals surface area contributed by atoms with E-state index in [0.29, 0.717) is 12.1 Å². The van der Waals surface area contributed by atoms with Gasteiger partial charge >= 0.3 is 0 Å². The van der Waals surface area contributed by atoms with Crippen LogP contribution in [0.3, 0.4) is 0 Å². The summed E-state index contributed by atoms with van der Waals surface area (Å²) < 4.78 is 28.0. The highest BCUT2D eigenvalue weighted by atomic mass is 19.2. The number of hydrogen-bond acceptors (Lipinski definition) is 2. The van der Waals surface area contributed by atoms with Crippen molar-refractivity contribution in [3.63, 3.8) is 0 Å². The number of imidazole rings is 1. The first kappa shape index (κ1) is 13.3. The van der Waals surface area contributed by atoms with E-state index in [0.717, 1.165) is 17.4 Å². The normalized spacial score (nSPS) is 10.6. The van der Waals surface area contributed by atoms with Crippen molar-refractivity contribution >= 4 is 5.69 Å². The summed E-state index contributed by atoms with van der Waals surface area (Å²) in [5, 5.41) is 3.23. The fraction of sp³-hybridized carbons (Fsp3) is 0.0625. The molecule has 0 aliphatic carbocycles. The van der Waals surface area contributed by atoms with Gasteiger partial charge in [0, 0.05) is 18.9 Å². The Bertz CT molecular complexity index is 739. The second-order valence-corrected chi connectivity index (χ2v) is 4.59. The number of hydrogen-bond donors (Lipinski definition) is 1. The molecular weight excluding hydrogens is 272 g/mol. The Labute approximate surface area is 120 Å². The molecule has 0 saturated carbocycles. The van der Waals surface area contributed by atoms with Gasteiger partial charge in [-0.25, -0.2) is 13.8 Å². The molecule has 0 bridgehead atoms. The van der Waals surface area contributed by atoms with Crippen LogP contribution in [0.15, 0.2) is 61.2 Å². The zero-order valence-corrected chi connectivity index (χ0v) is 11.1. The lowest BCUT2D eigenvalue weighted by Crippen LogP contribution is -2.04. The molecular formula is C16H13F2N3. The molecule has 21 heavy (non-hydrogen) atoms. The Hall–Kier alpha value is -2.69. The lowest BCUT2D eigenvalue weighted by molar-refractivity contribution is 0.507. The summed E-state index contributed by atoms with van der Waals surface area (Å²) in [5.74, 6) is -1.67. The zero-order chi connectivity index (χ0) is 14.7. The summed E-state index contributed by atoms with van der Waals surface area (Å²) in [7, 11) is 0. The van der Waals surface area contributed by atoms with Gasteiger partial charge in [-0.05, 0) is 29.8 Å². The summed E-state index contributed by atoms with van der Waals surface area (Å²) in [6.45, 7) is 0.406. The molecule has 0 radical (unpaired) electrons. The number of halogens is 2. The molecule has 0 fully saturated rings. The Morgan fingerprint density at radius 3 is 2.67 bits per heavy atom. The highest BCUT2D eigenvalue weighted by Crippen LogP contribution is 2.20. The molecule has 0 aliphatic heterocycles. The number of rotatable bonds is 4. The largest absolute Gasteiger partial charge is 0.379 e. The van der Waals surface area contributed by atoms with Gasteiger partial charge in [-0.1, -0.05) is 18.2 Å². The number of benzene rings is 2. The number of aromatic nitrogens is 2. The summed E-state index contributed by atoms with van der Waals surface area (Å²) in [6, 6.07) is 11.6. The predicted octanol–water partition coefficient (Wildman–Crippen LogP) is 3.76. The average molecular weight is 285 g/mol. The quantitative estimate of drug-likeness (QED) is 0.791. The number of para-hydroxylation sites is 2. The predicted molar refractivity (Wildman–Crippen MR) is 77.2 cm³/mol. The van der Waals surface area contributed by atoms with E-state index in [9.17, 15) is 8.78 Å². The standard InChI is InChI=1S/C16H13F2N3/c17-13-6-5-12(9-14(13)18)10-20-15-3-1-2-4-16(15)21-8-7-19-11-21/h1-9,11,20H,10H2. The number of nitrogens with zero attached hydrogens (tertiary/aromatic N) is 2. The topological polar surface area (TPSA) is 29.9 Å². The molecule has 0 atom stereocenters. The Balaban J connectivity index is 1.81. The minimum absolute atomic E-state index is 0.406. The van der Waals surface area contributed by atoms with Gasteiger partial charge in [-0.2, -0.15) is 0 Å². The van der Waals surface area contributed by atoms with E-state index in [1.165, 1.54) is 6.07 Å². The molecule has 106 valence electrons. The first-order valence-electron chi connectivity index (χ1n) is 6.49. The van der Waals surface area contributed by atoms with Gasteiger partial charge in [-0.3, -0.25) is 0 Å². The van der Waals surface area contributed by atoms with E-state index in [1.807, 2.05) is 35.0 Å². The minimum Gasteiger partial charge on any atom is -0.379 e. The minimum atomic E-state index is -0.836. The maximum atomic E-state index is 13.2. The van der Waals surface area contributed by atoms with Gasteiger partial charge in [0.25, 0.3) is 0 Å². The van der Waals surface area contributed by atoms with Crippen molar-refractivity contribution in [2.75, 3.05) is 5.32 Å². The van der Waals surface area contributed by atoms with Gasteiger partial charge in [0.15, 0.2) is 11.6 Å². The maximum absolute atomic E-state index is 13.2. The summed E-state index contributed by atoms with van der Waals surface area (Å²) in [4.78, 5) is 4.02. The molecule has 1 aromatic heterocycles. The van der Waals surface area contributed by atoms with Crippen molar-refractivity contribution in [2.24, 2.45) is 0 Å². The van der Waals surface area contributed by atoms with Crippen LogP contribution in [-0.4, -0.2) is 9.55 Å². The van der Waals surface area contributed by atoms with E-state index >= 15 is 0 Å². The maximum Gasteiger partial charge on any atom is 0.159 e. The van der Waals surface area contributed by atoms with Crippen LogP contribution in [0.2, 0.25) is 0 Å². The van der Waals surface area contributed by atoms with Gasteiger partial charge in [-0.15, -0.1) is 0 Å². The van der Waals surface area contributed by atoms with Crippen molar-refractivity contribution in [2.45, 2.75) is 6.54 Å². The van der Waals surface area contributed by atoms with E-state index in [-0.39, 0.29) is 0 Å². The van der Waals surface area contributed by atoms with Gasteiger partial charge in [0.1, 0.15) is 0 Å². The Kier molecular flexibility index (Phi) is 3.64. The van der Waals surface area contributed by atoms with Crippen LogP contribution in [-0.2, 0) is 6.54 Å². The van der Waals surface area contributed by atoms with Crippen molar-refractivity contribution in [3.8, 4) is 5.69 Å². The van der Waals surface area contributed by atoms with Crippen molar-refractivity contribution in [1.82, 2.24) is 9.55 Å². The molecule has 3 rings (SSSR count). The van der Waals surface area contributed by atoms with Crippen molar-refractivity contribution in [3.05, 3.63) is 78.4 Å². The summed E-state index contributed by atoms with van der Waals surface area (Å²) >= 11 is 0. The third-order valence-corrected chi connectivity index (χ3v) is 3.15. The molecule has 0 aliphatic rings. The Morgan fingerprint density at radius 2 is 1.90 bits per heavy atom. The molecule has 1 N–H and O–H groups in total. The van der Waals surface area contributed by atoms with E-state index in [1.54, 1.807) is 18.6 Å². The van der Waals surface area contributed by atoms with E-state index < -0.39 is 11.6 Å². The summed E-state index contributed by atoms with van der Waals surface area (Å²) in [5.41, 5.74) is 2.51. The lowest BCUT2D eigenvalue weighted by atomic mass is 10.2. The first-order valence-corrected chi connectivity index (χ1v) is 6.49. The molecule has 0 spiro atoms. The fourth-order valence-electron chi connectivity index (χ4n) is 2.10. The fourth-order valence-corrected chi connectivity index (χ4v) is 2.10. The zero-order valence-electron chi connectivity index (χ0n) is 11.1. The SMILES string of the molecule is Fc1ccc(CNc2ccccc2-n2ccnc2)cc1F. The highest BCUT2D eigenvalue weighted by molar-refractivity contribution is 5.61. The molecule has 0 saturated heterocycles. The first-order chi connectivity index (χ1) is 10.2. The Morgan fingerprint density at radius 1 is 1.05 bits per heavy atom. The lowest BCUT2D eigenvalue weighted by Gasteiger charge is -2.12. The van der Waals surface area contributed by atoms with Crippen molar-refractivity contribution in [1.29, 1.82) is 0 Å². The van der Waals surface area contributed by atoms with Crippen LogP contribution in [0.5, 0.6) is 0 Å². The highest BCUT2D eigenvalue weighted by Gasteiger charge is 2.05. The van der Waals surface area contributed by atoms with Gasteiger partial charge in [0.2, 0.25) is 0 Å². The number of anilines is 1. The molecule has 3 aromatic rings. The van der Waals surface area contributed by atoms with Crippen LogP contribution >= 0.6 is 0 Å². The van der Waals surface area contributed by atoms with Crippen LogP contribution in [0.25, 0.3) is 5.69 Å². The van der Waals surface area contributed by atoms with Crippen LogP contribution in [0.4, 0.5) is 14.5 Å². The third-order valence-electron chi connectivity index (χ3n) is 3.15. The van der Waals surface area contributed by atoms with Crippen LogP contribution in [0.1, 0.15) is 5.56 Å². The monoisotopic (exact) mass is 285 g/mol. The van der Waals surface area contributed by atoms with E-state index in [4.69, 9.17) is 0 Å². The molecule has 2 aromatic carbocycles. The second-order valence-electron chi connectivity index (χ2n) is 4.59. The van der Waals surface area contributed by atoms with Crippen molar-refractivity contribution < 1.29 is 8.78 Å². The summed E-state index contributed by atoms with van der Waals surface area (Å²) in [6.07, 6.45) is 5.25. The second kappa shape index (κ2) is 5.75. The molecule has 0 amide bonds. The van der Waals surface area contributed by atoms with Gasteiger partial charge in [0.05, 0.1) is 17.7 Å². The number of nitrogens with one attached hydrogen (secondary N) is 1. The van der Waals surface area contributed by atoms with Crippen LogP contribution < -0.4 is 5.32 Å². The smallest absolute Gasteiger partial charge is 0.159 e. The molecule has 5 heteroatoms. The third kappa shape index (κ3) is 2.91. The van der Waals surface area contributed by atoms with Crippen LogP contribution in [0, 0.1) is 11.6 Å².